The van der Waals surface area contributed by atoms with Gasteiger partial charge in [0.05, 0.1) is 14.2 Å². The first-order valence-electron chi connectivity index (χ1n) is 6.22. The number of allylic oxidation sites excluding steroid dienone is 1. The van der Waals surface area contributed by atoms with Gasteiger partial charge in [0.2, 0.25) is 0 Å². The van der Waals surface area contributed by atoms with Crippen molar-refractivity contribution in [1.29, 1.82) is 0 Å². The Morgan fingerprint density at radius 1 is 1.30 bits per heavy atom. The maximum absolute atomic E-state index is 13.2. The standard InChI is InChI=1S/C15H15FO4/c1-19-14-8-10(16)4-3-9(14)7-12-11(15(18)20-2)5-6-13(12)17/h3-4,8H,5-7H2,1-2H3. The summed E-state index contributed by atoms with van der Waals surface area (Å²) in [6.07, 6.45) is 0.945. The van der Waals surface area contributed by atoms with E-state index in [0.717, 1.165) is 0 Å². The molecular formula is C15H15FO4. The van der Waals surface area contributed by atoms with Crippen molar-refractivity contribution in [3.05, 3.63) is 40.7 Å². The number of carbonyl (C=O) groups is 2. The molecule has 2 rings (SSSR count). The van der Waals surface area contributed by atoms with Gasteiger partial charge in [-0.1, -0.05) is 6.07 Å². The van der Waals surface area contributed by atoms with E-state index in [0.29, 0.717) is 35.3 Å². The summed E-state index contributed by atoms with van der Waals surface area (Å²) in [5, 5.41) is 0. The van der Waals surface area contributed by atoms with E-state index in [4.69, 9.17) is 4.74 Å². The smallest absolute Gasteiger partial charge is 0.334 e. The third-order valence-corrected chi connectivity index (χ3v) is 3.35. The van der Waals surface area contributed by atoms with Crippen molar-refractivity contribution in [1.82, 2.24) is 0 Å². The average molecular weight is 278 g/mol. The second-order valence-corrected chi connectivity index (χ2v) is 4.50. The molecule has 0 saturated carbocycles. The minimum Gasteiger partial charge on any atom is -0.496 e. The molecule has 5 heteroatoms. The lowest BCUT2D eigenvalue weighted by atomic mass is 10.0. The summed E-state index contributed by atoms with van der Waals surface area (Å²) in [5.41, 5.74) is 1.51. The molecule has 106 valence electrons. The number of halogens is 1. The van der Waals surface area contributed by atoms with Crippen LogP contribution in [0.4, 0.5) is 4.39 Å². The van der Waals surface area contributed by atoms with E-state index in [2.05, 4.69) is 4.74 Å². The van der Waals surface area contributed by atoms with Gasteiger partial charge in [0.25, 0.3) is 0 Å². The molecule has 0 aromatic heterocycles. The van der Waals surface area contributed by atoms with E-state index in [1.165, 1.54) is 26.4 Å². The van der Waals surface area contributed by atoms with Crippen LogP contribution in [-0.4, -0.2) is 26.0 Å². The number of rotatable bonds is 4. The van der Waals surface area contributed by atoms with Gasteiger partial charge >= 0.3 is 5.97 Å². The molecule has 1 aromatic rings. The summed E-state index contributed by atoms with van der Waals surface area (Å²) in [4.78, 5) is 23.5. The molecule has 1 aromatic carbocycles. The Balaban J connectivity index is 2.36. The van der Waals surface area contributed by atoms with Crippen LogP contribution in [0.15, 0.2) is 29.3 Å². The van der Waals surface area contributed by atoms with Gasteiger partial charge in [-0.25, -0.2) is 9.18 Å². The molecule has 0 fully saturated rings. The lowest BCUT2D eigenvalue weighted by Crippen LogP contribution is -2.08. The first kappa shape index (κ1) is 14.2. The molecule has 0 amide bonds. The van der Waals surface area contributed by atoms with Gasteiger partial charge in [-0.05, 0) is 18.1 Å². The summed E-state index contributed by atoms with van der Waals surface area (Å²) < 4.78 is 22.9. The predicted molar refractivity (Wildman–Crippen MR) is 69.9 cm³/mol. The van der Waals surface area contributed by atoms with Gasteiger partial charge in [-0.2, -0.15) is 0 Å². The Bertz CT molecular complexity index is 590. The zero-order chi connectivity index (χ0) is 14.7. The Hall–Kier alpha value is -2.17. The molecule has 0 heterocycles. The minimum atomic E-state index is -0.480. The molecule has 0 spiro atoms. The molecule has 0 saturated heterocycles. The van der Waals surface area contributed by atoms with Crippen molar-refractivity contribution in [3.63, 3.8) is 0 Å². The van der Waals surface area contributed by atoms with E-state index in [1.54, 1.807) is 6.07 Å². The van der Waals surface area contributed by atoms with Crippen molar-refractivity contribution in [2.75, 3.05) is 14.2 Å². The zero-order valence-corrected chi connectivity index (χ0v) is 11.4. The van der Waals surface area contributed by atoms with Crippen molar-refractivity contribution < 1.29 is 23.5 Å². The van der Waals surface area contributed by atoms with Gasteiger partial charge in [0.15, 0.2) is 5.78 Å². The van der Waals surface area contributed by atoms with Crippen LogP contribution in [-0.2, 0) is 20.7 Å². The van der Waals surface area contributed by atoms with Crippen molar-refractivity contribution in [3.8, 4) is 5.75 Å². The minimum absolute atomic E-state index is 0.0724. The maximum atomic E-state index is 13.2. The summed E-state index contributed by atoms with van der Waals surface area (Å²) in [5.74, 6) is -0.601. The fourth-order valence-corrected chi connectivity index (χ4v) is 2.32. The number of Topliss-reactive ketones (excluding diaryl/α,β-unsaturated/α-hetero) is 1. The topological polar surface area (TPSA) is 52.6 Å². The highest BCUT2D eigenvalue weighted by molar-refractivity contribution is 6.07. The summed E-state index contributed by atoms with van der Waals surface area (Å²) in [7, 11) is 2.72. The third kappa shape index (κ3) is 2.71. The Morgan fingerprint density at radius 3 is 2.70 bits per heavy atom. The molecule has 20 heavy (non-hydrogen) atoms. The van der Waals surface area contributed by atoms with Crippen LogP contribution in [0.2, 0.25) is 0 Å². The van der Waals surface area contributed by atoms with Crippen LogP contribution in [0.25, 0.3) is 0 Å². The number of methoxy groups -OCH3 is 2. The molecule has 0 atom stereocenters. The van der Waals surface area contributed by atoms with Gasteiger partial charge in [-0.3, -0.25) is 4.79 Å². The highest BCUT2D eigenvalue weighted by atomic mass is 19.1. The van der Waals surface area contributed by atoms with Gasteiger partial charge in [0.1, 0.15) is 11.6 Å². The molecule has 0 aliphatic heterocycles. The van der Waals surface area contributed by atoms with Crippen molar-refractivity contribution >= 4 is 11.8 Å². The predicted octanol–water partition coefficient (Wildman–Crippen LogP) is 2.21. The normalized spacial score (nSPS) is 14.7. The fraction of sp³-hybridized carbons (Fsp3) is 0.333. The summed E-state index contributed by atoms with van der Waals surface area (Å²) >= 11 is 0. The maximum Gasteiger partial charge on any atom is 0.334 e. The quantitative estimate of drug-likeness (QED) is 0.792. The molecule has 0 bridgehead atoms. The summed E-state index contributed by atoms with van der Waals surface area (Å²) in [6, 6.07) is 4.12. The third-order valence-electron chi connectivity index (χ3n) is 3.35. The molecule has 1 aliphatic carbocycles. The van der Waals surface area contributed by atoms with Crippen molar-refractivity contribution in [2.24, 2.45) is 0 Å². The van der Waals surface area contributed by atoms with Gasteiger partial charge in [0, 0.05) is 30.1 Å². The molecule has 1 aliphatic rings. The number of carbonyl (C=O) groups excluding carboxylic acids is 2. The van der Waals surface area contributed by atoms with Crippen LogP contribution in [0.1, 0.15) is 18.4 Å². The number of benzene rings is 1. The molecular weight excluding hydrogens is 263 g/mol. The second kappa shape index (κ2) is 5.86. The van der Waals surface area contributed by atoms with E-state index < -0.39 is 11.8 Å². The molecule has 0 unspecified atom stereocenters. The van der Waals surface area contributed by atoms with Crippen LogP contribution in [0, 0.1) is 5.82 Å². The van der Waals surface area contributed by atoms with Crippen LogP contribution >= 0.6 is 0 Å². The lowest BCUT2D eigenvalue weighted by molar-refractivity contribution is -0.136. The van der Waals surface area contributed by atoms with E-state index in [1.807, 2.05) is 0 Å². The highest BCUT2D eigenvalue weighted by Gasteiger charge is 2.28. The molecule has 0 radical (unpaired) electrons. The monoisotopic (exact) mass is 278 g/mol. The Labute approximate surface area is 116 Å². The fourth-order valence-electron chi connectivity index (χ4n) is 2.32. The van der Waals surface area contributed by atoms with Crippen LogP contribution < -0.4 is 4.74 Å². The molecule has 4 nitrogen and oxygen atoms in total. The van der Waals surface area contributed by atoms with Gasteiger partial charge < -0.3 is 9.47 Å². The Kier molecular flexibility index (Phi) is 4.17. The first-order chi connectivity index (χ1) is 9.56. The van der Waals surface area contributed by atoms with Crippen molar-refractivity contribution in [2.45, 2.75) is 19.3 Å². The lowest BCUT2D eigenvalue weighted by Gasteiger charge is -2.10. The number of esters is 1. The molecule has 0 N–H and O–H groups in total. The zero-order valence-electron chi connectivity index (χ0n) is 11.4. The largest absolute Gasteiger partial charge is 0.496 e. The second-order valence-electron chi connectivity index (χ2n) is 4.50. The van der Waals surface area contributed by atoms with E-state index in [-0.39, 0.29) is 12.2 Å². The number of hydrogen-bond donors (Lipinski definition) is 0. The van der Waals surface area contributed by atoms with E-state index in [9.17, 15) is 14.0 Å². The number of hydrogen-bond acceptors (Lipinski definition) is 4. The number of ketones is 1. The van der Waals surface area contributed by atoms with Crippen LogP contribution in [0.3, 0.4) is 0 Å². The SMILES string of the molecule is COC(=O)C1=C(Cc2ccc(F)cc2OC)C(=O)CC1. The number of ether oxygens (including phenoxy) is 2. The Morgan fingerprint density at radius 2 is 2.05 bits per heavy atom. The first-order valence-corrected chi connectivity index (χ1v) is 6.22. The van der Waals surface area contributed by atoms with E-state index >= 15 is 0 Å². The summed E-state index contributed by atoms with van der Waals surface area (Å²) in [6.45, 7) is 0. The highest BCUT2D eigenvalue weighted by Crippen LogP contribution is 2.30. The van der Waals surface area contributed by atoms with Gasteiger partial charge in [-0.15, -0.1) is 0 Å². The average Bonchev–Trinajstić information content (AvgIpc) is 2.81. The van der Waals surface area contributed by atoms with Crippen LogP contribution in [0.5, 0.6) is 5.75 Å².